The second kappa shape index (κ2) is 11.5. The van der Waals surface area contributed by atoms with E-state index in [-0.39, 0.29) is 24.0 Å². The van der Waals surface area contributed by atoms with Crippen molar-refractivity contribution in [1.82, 2.24) is 15.6 Å². The van der Waals surface area contributed by atoms with Gasteiger partial charge in [0, 0.05) is 32.4 Å². The number of halogens is 1. The number of nitrogens with zero attached hydrogens (tertiary/aromatic N) is 2. The Labute approximate surface area is 166 Å². The first-order chi connectivity index (χ1) is 11.8. The molecule has 1 aromatic heterocycles. The molecule has 0 aliphatic carbocycles. The van der Waals surface area contributed by atoms with Crippen molar-refractivity contribution in [3.05, 3.63) is 48.2 Å². The van der Waals surface area contributed by atoms with Crippen LogP contribution in [0.3, 0.4) is 0 Å². The number of ether oxygens (including phenoxy) is 2. The second-order valence-corrected chi connectivity index (χ2v) is 5.04. The van der Waals surface area contributed by atoms with E-state index in [1.54, 1.807) is 13.2 Å². The Morgan fingerprint density at radius 3 is 2.60 bits per heavy atom. The zero-order valence-electron chi connectivity index (χ0n) is 14.8. The van der Waals surface area contributed by atoms with E-state index in [0.29, 0.717) is 30.7 Å². The molecule has 0 bridgehead atoms. The first kappa shape index (κ1) is 21.0. The van der Waals surface area contributed by atoms with E-state index in [9.17, 15) is 0 Å². The first-order valence-electron chi connectivity index (χ1n) is 8.00. The Morgan fingerprint density at radius 1 is 1.16 bits per heavy atom. The second-order valence-electron chi connectivity index (χ2n) is 5.04. The third-order valence-electron chi connectivity index (χ3n) is 3.27. The summed E-state index contributed by atoms with van der Waals surface area (Å²) in [6.07, 6.45) is 2.65. The molecule has 0 fully saturated rings. The molecule has 25 heavy (non-hydrogen) atoms. The first-order valence-corrected chi connectivity index (χ1v) is 8.00. The maximum absolute atomic E-state index is 6.00. The van der Waals surface area contributed by atoms with E-state index in [1.165, 1.54) is 0 Å². The lowest BCUT2D eigenvalue weighted by Crippen LogP contribution is -2.34. The lowest BCUT2D eigenvalue weighted by atomic mass is 10.2. The van der Waals surface area contributed by atoms with Crippen molar-refractivity contribution in [1.29, 1.82) is 0 Å². The molecular formula is C18H25IN4O2. The fourth-order valence-corrected chi connectivity index (χ4v) is 2.08. The average Bonchev–Trinajstić information content (AvgIpc) is 2.63. The third-order valence-corrected chi connectivity index (χ3v) is 3.27. The smallest absolute Gasteiger partial charge is 0.224 e. The van der Waals surface area contributed by atoms with E-state index >= 15 is 0 Å². The summed E-state index contributed by atoms with van der Waals surface area (Å²) in [6.45, 7) is 3.27. The molecule has 0 amide bonds. The molecule has 1 aromatic carbocycles. The molecule has 0 saturated carbocycles. The normalized spacial score (nSPS) is 10.6. The largest absolute Gasteiger partial charge is 0.490 e. The van der Waals surface area contributed by atoms with Crippen LogP contribution in [0.5, 0.6) is 17.4 Å². The Kier molecular flexibility index (Phi) is 9.68. The van der Waals surface area contributed by atoms with Crippen molar-refractivity contribution in [2.45, 2.75) is 19.9 Å². The highest BCUT2D eigenvalue weighted by Crippen LogP contribution is 2.31. The van der Waals surface area contributed by atoms with Crippen LogP contribution in [0.2, 0.25) is 0 Å². The van der Waals surface area contributed by atoms with Crippen molar-refractivity contribution in [3.63, 3.8) is 0 Å². The molecule has 7 heteroatoms. The highest BCUT2D eigenvalue weighted by molar-refractivity contribution is 14.0. The predicted molar refractivity (Wildman–Crippen MR) is 111 cm³/mol. The van der Waals surface area contributed by atoms with E-state index < -0.39 is 0 Å². The molecule has 0 atom stereocenters. The van der Waals surface area contributed by atoms with Gasteiger partial charge in [0.05, 0.1) is 6.61 Å². The summed E-state index contributed by atoms with van der Waals surface area (Å²) < 4.78 is 11.7. The minimum atomic E-state index is 0. The summed E-state index contributed by atoms with van der Waals surface area (Å²) in [6, 6.07) is 11.5. The number of hydrogen-bond acceptors (Lipinski definition) is 4. The molecule has 6 nitrogen and oxygen atoms in total. The van der Waals surface area contributed by atoms with Crippen LogP contribution in [-0.4, -0.2) is 31.6 Å². The number of rotatable bonds is 7. The van der Waals surface area contributed by atoms with Crippen molar-refractivity contribution in [3.8, 4) is 17.4 Å². The van der Waals surface area contributed by atoms with Gasteiger partial charge in [-0.2, -0.15) is 0 Å². The van der Waals surface area contributed by atoms with Gasteiger partial charge in [-0.15, -0.1) is 24.0 Å². The summed E-state index contributed by atoms with van der Waals surface area (Å²) in [7, 11) is 3.54. The van der Waals surface area contributed by atoms with Crippen LogP contribution in [0, 0.1) is 0 Å². The summed E-state index contributed by atoms with van der Waals surface area (Å²) in [5.74, 6) is 2.62. The number of guanidine groups is 1. The van der Waals surface area contributed by atoms with Crippen LogP contribution in [0.4, 0.5) is 0 Å². The SMILES string of the molecule is CCCOc1ccccc1Oc1ncccc1CNC(=NC)NC.I. The van der Waals surface area contributed by atoms with Crippen LogP contribution in [0.1, 0.15) is 18.9 Å². The lowest BCUT2D eigenvalue weighted by molar-refractivity contribution is 0.300. The van der Waals surface area contributed by atoms with Crippen molar-refractivity contribution in [2.24, 2.45) is 4.99 Å². The predicted octanol–water partition coefficient (Wildman–Crippen LogP) is 3.58. The zero-order chi connectivity index (χ0) is 17.2. The van der Waals surface area contributed by atoms with Crippen molar-refractivity contribution >= 4 is 29.9 Å². The Hall–Kier alpha value is -2.03. The topological polar surface area (TPSA) is 67.8 Å². The van der Waals surface area contributed by atoms with Gasteiger partial charge in [0.25, 0.3) is 0 Å². The maximum atomic E-state index is 6.00. The molecule has 0 radical (unpaired) electrons. The van der Waals surface area contributed by atoms with Crippen LogP contribution in [-0.2, 0) is 6.54 Å². The molecule has 2 rings (SSSR count). The van der Waals surface area contributed by atoms with Crippen LogP contribution in [0.15, 0.2) is 47.6 Å². The number of hydrogen-bond donors (Lipinski definition) is 2. The standard InChI is InChI=1S/C18H24N4O2.HI/c1-4-12-23-15-9-5-6-10-16(15)24-17-14(8-7-11-21-17)13-22-18(19-2)20-3;/h5-11H,4,12-13H2,1-3H3,(H2,19,20,22);1H. The summed E-state index contributed by atoms with van der Waals surface area (Å²) >= 11 is 0. The van der Waals surface area contributed by atoms with Gasteiger partial charge in [-0.05, 0) is 24.6 Å². The number of pyridine rings is 1. The van der Waals surface area contributed by atoms with Gasteiger partial charge in [0.2, 0.25) is 5.88 Å². The minimum Gasteiger partial charge on any atom is -0.490 e. The Bertz CT molecular complexity index is 680. The van der Waals surface area contributed by atoms with Crippen LogP contribution in [0.25, 0.3) is 0 Å². The van der Waals surface area contributed by atoms with Crippen LogP contribution >= 0.6 is 24.0 Å². The Balaban J connectivity index is 0.00000312. The average molecular weight is 456 g/mol. The summed E-state index contributed by atoms with van der Waals surface area (Å²) in [5, 5.41) is 6.18. The van der Waals surface area contributed by atoms with Gasteiger partial charge in [0.1, 0.15) is 0 Å². The molecule has 1 heterocycles. The molecule has 0 aliphatic heterocycles. The van der Waals surface area contributed by atoms with Gasteiger partial charge in [-0.3, -0.25) is 4.99 Å². The molecule has 0 unspecified atom stereocenters. The van der Waals surface area contributed by atoms with Gasteiger partial charge in [-0.25, -0.2) is 4.98 Å². The van der Waals surface area contributed by atoms with Crippen molar-refractivity contribution in [2.75, 3.05) is 20.7 Å². The molecule has 0 spiro atoms. The van der Waals surface area contributed by atoms with Crippen molar-refractivity contribution < 1.29 is 9.47 Å². The van der Waals surface area contributed by atoms with Gasteiger partial charge >= 0.3 is 0 Å². The summed E-state index contributed by atoms with van der Waals surface area (Å²) in [5.41, 5.74) is 0.930. The molecule has 2 aromatic rings. The number of para-hydroxylation sites is 2. The van der Waals surface area contributed by atoms with Gasteiger partial charge < -0.3 is 20.1 Å². The number of benzene rings is 1. The number of aliphatic imine (C=N–C) groups is 1. The number of aromatic nitrogens is 1. The van der Waals surface area contributed by atoms with E-state index in [4.69, 9.17) is 9.47 Å². The highest BCUT2D eigenvalue weighted by atomic mass is 127. The molecular weight excluding hydrogens is 431 g/mol. The fraction of sp³-hybridized carbons (Fsp3) is 0.333. The molecule has 136 valence electrons. The molecule has 0 saturated heterocycles. The minimum absolute atomic E-state index is 0. The molecule has 2 N–H and O–H groups in total. The van der Waals surface area contributed by atoms with Crippen LogP contribution < -0.4 is 20.1 Å². The monoisotopic (exact) mass is 456 g/mol. The number of nitrogens with one attached hydrogen (secondary N) is 2. The highest BCUT2D eigenvalue weighted by Gasteiger charge is 2.10. The van der Waals surface area contributed by atoms with E-state index in [0.717, 1.165) is 17.7 Å². The Morgan fingerprint density at radius 2 is 1.92 bits per heavy atom. The third kappa shape index (κ3) is 6.41. The van der Waals surface area contributed by atoms with Gasteiger partial charge in [-0.1, -0.05) is 25.1 Å². The zero-order valence-corrected chi connectivity index (χ0v) is 17.1. The maximum Gasteiger partial charge on any atom is 0.224 e. The summed E-state index contributed by atoms with van der Waals surface area (Å²) in [4.78, 5) is 8.44. The lowest BCUT2D eigenvalue weighted by Gasteiger charge is -2.14. The molecule has 0 aliphatic rings. The van der Waals surface area contributed by atoms with E-state index in [2.05, 4.69) is 27.5 Å². The quantitative estimate of drug-likeness (QED) is 0.379. The van der Waals surface area contributed by atoms with Gasteiger partial charge in [0.15, 0.2) is 17.5 Å². The van der Waals surface area contributed by atoms with E-state index in [1.807, 2.05) is 43.4 Å². The fourth-order valence-electron chi connectivity index (χ4n) is 2.08.